The smallest absolute Gasteiger partial charge is 0.331 e. The lowest BCUT2D eigenvalue weighted by atomic mass is 10.1. The predicted octanol–water partition coefficient (Wildman–Crippen LogP) is 1.11. The van der Waals surface area contributed by atoms with Gasteiger partial charge in [0.25, 0.3) is 5.56 Å². The Morgan fingerprint density at radius 2 is 2.00 bits per heavy atom. The summed E-state index contributed by atoms with van der Waals surface area (Å²) in [6.07, 6.45) is 1.33. The monoisotopic (exact) mass is 277 g/mol. The Labute approximate surface area is 115 Å². The van der Waals surface area contributed by atoms with Crippen LogP contribution in [0.3, 0.4) is 0 Å². The first-order valence-electron chi connectivity index (χ1n) is 6.28. The van der Waals surface area contributed by atoms with Crippen LogP contribution in [0, 0.1) is 12.7 Å². The van der Waals surface area contributed by atoms with Crippen molar-refractivity contribution in [2.45, 2.75) is 26.9 Å². The molecule has 0 atom stereocenters. The van der Waals surface area contributed by atoms with Crippen molar-refractivity contribution < 1.29 is 4.39 Å². The van der Waals surface area contributed by atoms with Gasteiger partial charge < -0.3 is 5.73 Å². The number of hydrogen-bond acceptors (Lipinski definition) is 3. The third-order valence-corrected chi connectivity index (χ3v) is 3.24. The largest absolute Gasteiger partial charge is 0.393 e. The number of nitrogens with zero attached hydrogens (tertiary/aromatic N) is 2. The summed E-state index contributed by atoms with van der Waals surface area (Å²) in [6, 6.07) is 4.27. The van der Waals surface area contributed by atoms with Crippen molar-refractivity contribution in [1.82, 2.24) is 9.13 Å². The lowest BCUT2D eigenvalue weighted by Gasteiger charge is -2.11. The first kappa shape index (κ1) is 14.0. The quantitative estimate of drug-likeness (QED) is 0.913. The van der Waals surface area contributed by atoms with Gasteiger partial charge in [-0.25, -0.2) is 9.18 Å². The van der Waals surface area contributed by atoms with Gasteiger partial charge in [0.05, 0.1) is 6.54 Å². The molecule has 0 saturated carbocycles. The van der Waals surface area contributed by atoms with Gasteiger partial charge in [-0.15, -0.1) is 0 Å². The van der Waals surface area contributed by atoms with Crippen molar-refractivity contribution in [2.24, 2.45) is 0 Å². The van der Waals surface area contributed by atoms with Crippen LogP contribution in [0.4, 0.5) is 10.1 Å². The lowest BCUT2D eigenvalue weighted by Crippen LogP contribution is -2.40. The van der Waals surface area contributed by atoms with Gasteiger partial charge in [0.1, 0.15) is 11.5 Å². The molecule has 0 unspecified atom stereocenters. The molecule has 0 spiro atoms. The first-order valence-corrected chi connectivity index (χ1v) is 6.28. The molecule has 0 saturated heterocycles. The maximum atomic E-state index is 13.3. The molecule has 0 aliphatic rings. The lowest BCUT2D eigenvalue weighted by molar-refractivity contribution is 0.594. The molecule has 2 N–H and O–H groups in total. The predicted molar refractivity (Wildman–Crippen MR) is 75.3 cm³/mol. The normalized spacial score (nSPS) is 10.8. The second-order valence-corrected chi connectivity index (χ2v) is 4.62. The molecule has 0 fully saturated rings. The molecule has 20 heavy (non-hydrogen) atoms. The highest BCUT2D eigenvalue weighted by molar-refractivity contribution is 5.32. The van der Waals surface area contributed by atoms with Gasteiger partial charge in [-0.2, -0.15) is 0 Å². The highest BCUT2D eigenvalue weighted by Crippen LogP contribution is 2.10. The Morgan fingerprint density at radius 1 is 1.30 bits per heavy atom. The molecule has 5 nitrogen and oxygen atoms in total. The number of hydrogen-bond donors (Lipinski definition) is 1. The maximum Gasteiger partial charge on any atom is 0.331 e. The molecule has 106 valence electrons. The number of halogens is 1. The minimum atomic E-state index is -0.552. The second kappa shape index (κ2) is 5.32. The standard InChI is InChI=1S/C14H16FN3O2/c1-3-17-8-12(16)13(19)18(14(17)20)7-10-6-11(15)5-4-9(10)2/h4-6,8H,3,7,16H2,1-2H3. The molecule has 0 aliphatic carbocycles. The van der Waals surface area contributed by atoms with Crippen LogP contribution in [0.2, 0.25) is 0 Å². The SMILES string of the molecule is CCn1cc(N)c(=O)n(Cc2cc(F)ccc2C)c1=O. The van der Waals surface area contributed by atoms with E-state index in [2.05, 4.69) is 0 Å². The Bertz CT molecular complexity index is 762. The van der Waals surface area contributed by atoms with Gasteiger partial charge in [-0.3, -0.25) is 13.9 Å². The van der Waals surface area contributed by atoms with Gasteiger partial charge >= 0.3 is 5.69 Å². The minimum Gasteiger partial charge on any atom is -0.393 e. The van der Waals surface area contributed by atoms with Crippen molar-refractivity contribution in [1.29, 1.82) is 0 Å². The van der Waals surface area contributed by atoms with E-state index in [0.717, 1.165) is 10.1 Å². The van der Waals surface area contributed by atoms with Gasteiger partial charge in [-0.05, 0) is 37.1 Å². The molecule has 1 aromatic heterocycles. The second-order valence-electron chi connectivity index (χ2n) is 4.62. The van der Waals surface area contributed by atoms with Crippen molar-refractivity contribution in [3.05, 3.63) is 62.2 Å². The Balaban J connectivity index is 2.59. The van der Waals surface area contributed by atoms with Crippen LogP contribution >= 0.6 is 0 Å². The molecule has 0 aliphatic heterocycles. The zero-order valence-corrected chi connectivity index (χ0v) is 11.4. The van der Waals surface area contributed by atoms with Crippen LogP contribution in [-0.4, -0.2) is 9.13 Å². The summed E-state index contributed by atoms with van der Waals surface area (Å²) in [5.41, 5.74) is 6.01. The Hall–Kier alpha value is -2.37. The third kappa shape index (κ3) is 2.49. The number of nitrogens with two attached hydrogens (primary N) is 1. The van der Waals surface area contributed by atoms with Crippen molar-refractivity contribution in [3.63, 3.8) is 0 Å². The van der Waals surface area contributed by atoms with Crippen molar-refractivity contribution in [3.8, 4) is 0 Å². The molecule has 0 bridgehead atoms. The summed E-state index contributed by atoms with van der Waals surface area (Å²) < 4.78 is 15.7. The molecule has 6 heteroatoms. The number of benzene rings is 1. The minimum absolute atomic E-state index is 0.000469. The van der Waals surface area contributed by atoms with E-state index in [4.69, 9.17) is 5.73 Å². The van der Waals surface area contributed by atoms with Gasteiger partial charge in [0, 0.05) is 12.7 Å². The summed E-state index contributed by atoms with van der Waals surface area (Å²) in [7, 11) is 0. The van der Waals surface area contributed by atoms with E-state index in [9.17, 15) is 14.0 Å². The number of anilines is 1. The maximum absolute atomic E-state index is 13.3. The third-order valence-electron chi connectivity index (χ3n) is 3.24. The molecule has 0 amide bonds. The van der Waals surface area contributed by atoms with Gasteiger partial charge in [0.15, 0.2) is 0 Å². The van der Waals surface area contributed by atoms with Crippen LogP contribution in [0.5, 0.6) is 0 Å². The van der Waals surface area contributed by atoms with Gasteiger partial charge in [0.2, 0.25) is 0 Å². The van der Waals surface area contributed by atoms with Crippen LogP contribution < -0.4 is 17.0 Å². The summed E-state index contributed by atoms with van der Waals surface area (Å²) in [4.78, 5) is 24.1. The van der Waals surface area contributed by atoms with Crippen LogP contribution in [-0.2, 0) is 13.1 Å². The fourth-order valence-electron chi connectivity index (χ4n) is 2.02. The van der Waals surface area contributed by atoms with E-state index in [1.54, 1.807) is 19.9 Å². The van der Waals surface area contributed by atoms with Crippen molar-refractivity contribution in [2.75, 3.05) is 5.73 Å². The summed E-state index contributed by atoms with van der Waals surface area (Å²) in [5.74, 6) is -0.404. The summed E-state index contributed by atoms with van der Waals surface area (Å²) in [5, 5.41) is 0. The molecule has 2 rings (SSSR count). The fraction of sp³-hybridized carbons (Fsp3) is 0.286. The zero-order chi connectivity index (χ0) is 14.9. The van der Waals surface area contributed by atoms with Crippen LogP contribution in [0.1, 0.15) is 18.1 Å². The van der Waals surface area contributed by atoms with E-state index >= 15 is 0 Å². The molecule has 1 heterocycles. The average molecular weight is 277 g/mol. The number of aromatic nitrogens is 2. The summed E-state index contributed by atoms with van der Waals surface area (Å²) in [6.45, 7) is 3.99. The van der Waals surface area contributed by atoms with Crippen LogP contribution in [0.15, 0.2) is 34.0 Å². The highest BCUT2D eigenvalue weighted by Gasteiger charge is 2.10. The zero-order valence-electron chi connectivity index (χ0n) is 11.4. The van der Waals surface area contributed by atoms with Gasteiger partial charge in [-0.1, -0.05) is 6.07 Å². The summed E-state index contributed by atoms with van der Waals surface area (Å²) >= 11 is 0. The molecule has 0 radical (unpaired) electrons. The first-order chi connectivity index (χ1) is 9.43. The van der Waals surface area contributed by atoms with E-state index in [0.29, 0.717) is 12.1 Å². The molecule has 2 aromatic rings. The van der Waals surface area contributed by atoms with E-state index in [-0.39, 0.29) is 12.2 Å². The molecular weight excluding hydrogens is 261 g/mol. The van der Waals surface area contributed by atoms with Crippen molar-refractivity contribution >= 4 is 5.69 Å². The fourth-order valence-corrected chi connectivity index (χ4v) is 2.02. The highest BCUT2D eigenvalue weighted by atomic mass is 19.1. The van der Waals surface area contributed by atoms with Crippen LogP contribution in [0.25, 0.3) is 0 Å². The van der Waals surface area contributed by atoms with E-state index in [1.807, 2.05) is 0 Å². The van der Waals surface area contributed by atoms with E-state index < -0.39 is 17.1 Å². The average Bonchev–Trinajstić information content (AvgIpc) is 2.42. The Morgan fingerprint density at radius 3 is 2.65 bits per heavy atom. The number of rotatable bonds is 3. The van der Waals surface area contributed by atoms with E-state index in [1.165, 1.54) is 22.9 Å². The topological polar surface area (TPSA) is 70.0 Å². The Kier molecular flexibility index (Phi) is 3.74. The number of nitrogen functional groups attached to an aromatic ring is 1. The molecular formula is C14H16FN3O2. The molecule has 1 aromatic carbocycles. The number of aryl methyl sites for hydroxylation is 2.